The summed E-state index contributed by atoms with van der Waals surface area (Å²) in [5, 5.41) is 3.27. The Kier molecular flexibility index (Phi) is 6.19. The van der Waals surface area contributed by atoms with E-state index in [1.807, 2.05) is 6.20 Å². The molecule has 0 amide bonds. The Bertz CT molecular complexity index is 1520. The highest BCUT2D eigenvalue weighted by Gasteiger charge is 2.37. The minimum absolute atomic E-state index is 0.0930. The average Bonchev–Trinajstić information content (AvgIpc) is 3.20. The van der Waals surface area contributed by atoms with Crippen LogP contribution >= 0.6 is 0 Å². The van der Waals surface area contributed by atoms with Gasteiger partial charge in [0.2, 0.25) is 0 Å². The van der Waals surface area contributed by atoms with Gasteiger partial charge in [-0.1, -0.05) is 117 Å². The van der Waals surface area contributed by atoms with Gasteiger partial charge in [-0.15, -0.1) is 0 Å². The van der Waals surface area contributed by atoms with Crippen molar-refractivity contribution in [3.8, 4) is 11.1 Å². The first-order valence-corrected chi connectivity index (χ1v) is 13.7. The number of allylic oxidation sites excluding steroid dienone is 7. The summed E-state index contributed by atoms with van der Waals surface area (Å²) >= 11 is 0. The minimum atomic E-state index is 0.0930. The van der Waals surface area contributed by atoms with Crippen LogP contribution < -0.4 is 11.1 Å². The van der Waals surface area contributed by atoms with E-state index in [-0.39, 0.29) is 11.3 Å². The number of benzene rings is 3. The summed E-state index contributed by atoms with van der Waals surface area (Å²) in [5.41, 5.74) is 20.8. The second kappa shape index (κ2) is 9.68. The molecule has 3 aliphatic rings. The zero-order valence-corrected chi connectivity index (χ0v) is 22.6. The van der Waals surface area contributed by atoms with E-state index in [0.717, 1.165) is 24.2 Å². The number of nitrogens with one attached hydrogen (secondary N) is 1. The van der Waals surface area contributed by atoms with E-state index in [0.29, 0.717) is 0 Å². The van der Waals surface area contributed by atoms with Crippen LogP contribution in [0.15, 0.2) is 109 Å². The topological polar surface area (TPSA) is 38.0 Å². The Balaban J connectivity index is 1.19. The third-order valence-electron chi connectivity index (χ3n) is 8.50. The lowest BCUT2D eigenvalue weighted by atomic mass is 9.78. The Morgan fingerprint density at radius 3 is 2.37 bits per heavy atom. The zero-order valence-electron chi connectivity index (χ0n) is 22.6. The van der Waals surface area contributed by atoms with Gasteiger partial charge >= 0.3 is 0 Å². The molecule has 1 aliphatic heterocycles. The highest BCUT2D eigenvalue weighted by molar-refractivity contribution is 5.87. The number of fused-ring (bicyclic) bond motifs is 2. The van der Waals surface area contributed by atoms with Gasteiger partial charge < -0.3 is 11.1 Å². The fourth-order valence-corrected chi connectivity index (χ4v) is 6.18. The van der Waals surface area contributed by atoms with Crippen LogP contribution in [0.25, 0.3) is 28.0 Å². The Labute approximate surface area is 227 Å². The number of rotatable bonds is 5. The molecule has 2 nitrogen and oxygen atoms in total. The van der Waals surface area contributed by atoms with E-state index in [1.54, 1.807) is 5.57 Å². The van der Waals surface area contributed by atoms with E-state index in [2.05, 4.69) is 123 Å². The molecule has 0 saturated heterocycles. The third-order valence-corrected chi connectivity index (χ3v) is 8.50. The quantitative estimate of drug-likeness (QED) is 0.372. The van der Waals surface area contributed by atoms with Gasteiger partial charge in [0.05, 0.1) is 0 Å². The van der Waals surface area contributed by atoms with E-state index in [9.17, 15) is 0 Å². The predicted molar refractivity (Wildman–Crippen MR) is 162 cm³/mol. The molecule has 190 valence electrons. The number of hydrogen-bond donors (Lipinski definition) is 2. The summed E-state index contributed by atoms with van der Waals surface area (Å²) in [5.74, 6) is 0.231. The molecule has 1 unspecified atom stereocenters. The van der Waals surface area contributed by atoms with Gasteiger partial charge in [0, 0.05) is 23.6 Å². The molecule has 1 heterocycles. The minimum Gasteiger partial charge on any atom is -0.398 e. The van der Waals surface area contributed by atoms with Gasteiger partial charge in [-0.3, -0.25) is 0 Å². The van der Waals surface area contributed by atoms with Gasteiger partial charge in [-0.2, -0.15) is 0 Å². The van der Waals surface area contributed by atoms with Crippen LogP contribution in [0.4, 0.5) is 0 Å². The van der Waals surface area contributed by atoms with E-state index >= 15 is 0 Å². The monoisotopic (exact) mass is 496 g/mol. The maximum Gasteiger partial charge on any atom is 0.0401 e. The maximum absolute atomic E-state index is 6.61. The van der Waals surface area contributed by atoms with Crippen molar-refractivity contribution in [2.24, 2.45) is 5.73 Å². The standard InChI is InChI=1S/C36H36N2/c1-24(29-18-19-32-31-8-4-5-9-33(31)36(2,3)34(32)22-29)21-35(37)28-16-14-26(15-17-28)25-10-12-27(13-11-25)30-7-6-20-38-23-30/h4,6-8,10-22,24,38H,5,9,23,37H2,1-3H3/b35-21-. The van der Waals surface area contributed by atoms with Gasteiger partial charge in [0.1, 0.15) is 0 Å². The first-order chi connectivity index (χ1) is 18.4. The first kappa shape index (κ1) is 24.3. The van der Waals surface area contributed by atoms with Crippen molar-refractivity contribution in [1.82, 2.24) is 5.32 Å². The predicted octanol–water partition coefficient (Wildman–Crippen LogP) is 8.35. The van der Waals surface area contributed by atoms with Crippen LogP contribution in [0.3, 0.4) is 0 Å². The van der Waals surface area contributed by atoms with Crippen LogP contribution in [0.1, 0.15) is 67.3 Å². The molecular weight excluding hydrogens is 460 g/mol. The molecule has 0 aromatic heterocycles. The van der Waals surface area contributed by atoms with Crippen molar-refractivity contribution < 1.29 is 0 Å². The van der Waals surface area contributed by atoms with E-state index < -0.39 is 0 Å². The number of hydrogen-bond acceptors (Lipinski definition) is 2. The molecule has 2 heteroatoms. The Morgan fingerprint density at radius 2 is 1.66 bits per heavy atom. The van der Waals surface area contributed by atoms with Crippen LogP contribution in [0.2, 0.25) is 0 Å². The summed E-state index contributed by atoms with van der Waals surface area (Å²) in [6.45, 7) is 7.87. The fourth-order valence-electron chi connectivity index (χ4n) is 6.18. The van der Waals surface area contributed by atoms with Crippen LogP contribution in [0, 0.1) is 0 Å². The maximum atomic E-state index is 6.61. The molecule has 2 aliphatic carbocycles. The Morgan fingerprint density at radius 1 is 0.947 bits per heavy atom. The highest BCUT2D eigenvalue weighted by atomic mass is 14.8. The van der Waals surface area contributed by atoms with Crippen molar-refractivity contribution >= 4 is 16.8 Å². The molecule has 6 rings (SSSR count). The summed E-state index contributed by atoms with van der Waals surface area (Å²) < 4.78 is 0. The smallest absolute Gasteiger partial charge is 0.0401 e. The molecule has 38 heavy (non-hydrogen) atoms. The molecule has 0 radical (unpaired) electrons. The second-order valence-corrected chi connectivity index (χ2v) is 11.3. The molecule has 3 aromatic rings. The molecule has 0 bridgehead atoms. The van der Waals surface area contributed by atoms with E-state index in [4.69, 9.17) is 5.73 Å². The summed E-state index contributed by atoms with van der Waals surface area (Å²) in [7, 11) is 0. The summed E-state index contributed by atoms with van der Waals surface area (Å²) in [4.78, 5) is 0. The SMILES string of the molecule is CC(/C=C(\N)c1ccc(-c2ccc(C3=CC=CNC3)cc2)cc1)c1ccc2c(c1)C(C)(C)C1=C2C=CCC1. The highest BCUT2D eigenvalue weighted by Crippen LogP contribution is 2.50. The van der Waals surface area contributed by atoms with Gasteiger partial charge in [0.25, 0.3) is 0 Å². The van der Waals surface area contributed by atoms with Crippen molar-refractivity contribution in [2.45, 2.75) is 44.9 Å². The number of dihydropyridines is 1. The van der Waals surface area contributed by atoms with Gasteiger partial charge in [-0.05, 0) is 75.2 Å². The zero-order chi connectivity index (χ0) is 26.3. The van der Waals surface area contributed by atoms with Crippen molar-refractivity contribution in [3.05, 3.63) is 137 Å². The van der Waals surface area contributed by atoms with Crippen molar-refractivity contribution in [3.63, 3.8) is 0 Å². The lowest BCUT2D eigenvalue weighted by Crippen LogP contribution is -2.18. The first-order valence-electron chi connectivity index (χ1n) is 13.7. The fraction of sp³-hybridized carbons (Fsp3) is 0.222. The molecule has 0 spiro atoms. The molecular formula is C36H36N2. The molecule has 0 fully saturated rings. The summed E-state index contributed by atoms with van der Waals surface area (Å²) in [6.07, 6.45) is 15.4. The van der Waals surface area contributed by atoms with Crippen LogP contribution in [0.5, 0.6) is 0 Å². The molecule has 1 atom stereocenters. The lowest BCUT2D eigenvalue weighted by Gasteiger charge is -2.26. The van der Waals surface area contributed by atoms with Gasteiger partial charge in [-0.25, -0.2) is 0 Å². The van der Waals surface area contributed by atoms with E-state index in [1.165, 1.54) is 50.9 Å². The normalized spacial score (nSPS) is 18.5. The third kappa shape index (κ3) is 4.35. The largest absolute Gasteiger partial charge is 0.398 e. The number of nitrogens with two attached hydrogens (primary N) is 1. The summed E-state index contributed by atoms with van der Waals surface area (Å²) in [6, 6.07) is 24.4. The van der Waals surface area contributed by atoms with Crippen molar-refractivity contribution in [1.29, 1.82) is 0 Å². The molecule has 0 saturated carbocycles. The van der Waals surface area contributed by atoms with Crippen LogP contribution in [-0.4, -0.2) is 6.54 Å². The Hall–Kier alpha value is -4.04. The average molecular weight is 497 g/mol. The lowest BCUT2D eigenvalue weighted by molar-refractivity contribution is 0.606. The molecule has 3 aromatic carbocycles. The molecule has 3 N–H and O–H groups in total. The second-order valence-electron chi connectivity index (χ2n) is 11.3. The van der Waals surface area contributed by atoms with Gasteiger partial charge in [0.15, 0.2) is 0 Å². The van der Waals surface area contributed by atoms with Crippen LogP contribution in [-0.2, 0) is 5.41 Å². The van der Waals surface area contributed by atoms with Crippen molar-refractivity contribution in [2.75, 3.05) is 6.54 Å².